The Morgan fingerprint density at radius 3 is 1.70 bits per heavy atom. The summed E-state index contributed by atoms with van der Waals surface area (Å²) in [5, 5.41) is 5.00. The van der Waals surface area contributed by atoms with Crippen molar-refractivity contribution in [2.75, 3.05) is 6.54 Å². The number of ketones is 1. The van der Waals surface area contributed by atoms with Gasteiger partial charge in [0, 0.05) is 15.9 Å². The van der Waals surface area contributed by atoms with E-state index in [1.807, 2.05) is 17.5 Å². The van der Waals surface area contributed by atoms with Crippen LogP contribution in [0.15, 0.2) is 17.5 Å². The van der Waals surface area contributed by atoms with Gasteiger partial charge in [0.1, 0.15) is 0 Å². The van der Waals surface area contributed by atoms with Crippen molar-refractivity contribution in [1.29, 1.82) is 0 Å². The lowest BCUT2D eigenvalue weighted by atomic mass is 9.94. The van der Waals surface area contributed by atoms with E-state index in [2.05, 4.69) is 33.0 Å². The zero-order valence-corrected chi connectivity index (χ0v) is 26.0. The molecule has 212 valence electrons. The molecule has 2 aromatic heterocycles. The van der Waals surface area contributed by atoms with Crippen LogP contribution in [0.1, 0.15) is 153 Å². The lowest BCUT2D eigenvalue weighted by Crippen LogP contribution is -2.34. The van der Waals surface area contributed by atoms with Gasteiger partial charge in [-0.2, -0.15) is 0 Å². The molecule has 37 heavy (non-hydrogen) atoms. The van der Waals surface area contributed by atoms with E-state index in [0.29, 0.717) is 17.3 Å². The van der Waals surface area contributed by atoms with Crippen LogP contribution < -0.4 is 5.32 Å². The third-order valence-electron chi connectivity index (χ3n) is 7.05. The summed E-state index contributed by atoms with van der Waals surface area (Å²) in [6.07, 6.45) is 23.4. The SMILES string of the molecule is CCCC.CCCCCCCCCCC(CCCCCCCC)CNC(=O)C(=O)c1cc2sccc2s1. The van der Waals surface area contributed by atoms with E-state index in [4.69, 9.17) is 0 Å². The molecule has 5 heteroatoms. The normalized spacial score (nSPS) is 11.8. The van der Waals surface area contributed by atoms with Gasteiger partial charge >= 0.3 is 0 Å². The zero-order valence-electron chi connectivity index (χ0n) is 24.4. The van der Waals surface area contributed by atoms with Gasteiger partial charge in [0.25, 0.3) is 11.7 Å². The van der Waals surface area contributed by atoms with Gasteiger partial charge in [-0.25, -0.2) is 0 Å². The highest BCUT2D eigenvalue weighted by Gasteiger charge is 2.20. The number of amides is 1. The summed E-state index contributed by atoms with van der Waals surface area (Å²) in [6, 6.07) is 3.88. The highest BCUT2D eigenvalue weighted by Crippen LogP contribution is 2.30. The number of unbranched alkanes of at least 4 members (excludes halogenated alkanes) is 13. The van der Waals surface area contributed by atoms with Crippen LogP contribution in [0.3, 0.4) is 0 Å². The molecule has 2 rings (SSSR count). The van der Waals surface area contributed by atoms with E-state index in [1.165, 1.54) is 114 Å². The summed E-state index contributed by atoms with van der Waals surface area (Å²) in [6.45, 7) is 9.51. The maximum Gasteiger partial charge on any atom is 0.293 e. The third kappa shape index (κ3) is 15.7. The first-order valence-corrected chi connectivity index (χ1v) is 17.1. The second kappa shape index (κ2) is 22.8. The number of nitrogens with one attached hydrogen (secondary N) is 1. The first kappa shape index (κ1) is 33.8. The van der Waals surface area contributed by atoms with E-state index >= 15 is 0 Å². The second-order valence-electron chi connectivity index (χ2n) is 10.5. The molecule has 0 fully saturated rings. The van der Waals surface area contributed by atoms with Crippen LogP contribution in [0.5, 0.6) is 0 Å². The Labute approximate surface area is 236 Å². The Bertz CT molecular complexity index is 795. The van der Waals surface area contributed by atoms with Crippen molar-refractivity contribution >= 4 is 43.8 Å². The van der Waals surface area contributed by atoms with Crippen molar-refractivity contribution < 1.29 is 9.59 Å². The molecule has 0 aliphatic carbocycles. The van der Waals surface area contributed by atoms with E-state index in [0.717, 1.165) is 22.2 Å². The monoisotopic (exact) mass is 549 g/mol. The highest BCUT2D eigenvalue weighted by molar-refractivity contribution is 7.28. The maximum absolute atomic E-state index is 12.6. The summed E-state index contributed by atoms with van der Waals surface area (Å²) in [5.74, 6) is -0.332. The molecule has 2 aromatic rings. The molecule has 0 spiro atoms. The Kier molecular flexibility index (Phi) is 20.8. The molecular formula is C32H55NO2S2. The number of carbonyl (C=O) groups excluding carboxylic acids is 2. The van der Waals surface area contributed by atoms with E-state index < -0.39 is 5.91 Å². The molecule has 0 bridgehead atoms. The van der Waals surface area contributed by atoms with E-state index in [1.54, 1.807) is 11.3 Å². The van der Waals surface area contributed by atoms with Gasteiger partial charge in [0.05, 0.1) is 4.88 Å². The molecule has 0 saturated carbocycles. The smallest absolute Gasteiger partial charge is 0.293 e. The zero-order chi connectivity index (χ0) is 27.1. The van der Waals surface area contributed by atoms with Crippen LogP contribution >= 0.6 is 22.7 Å². The van der Waals surface area contributed by atoms with Crippen molar-refractivity contribution in [3.63, 3.8) is 0 Å². The van der Waals surface area contributed by atoms with Gasteiger partial charge in [-0.15, -0.1) is 22.7 Å². The minimum absolute atomic E-state index is 0.381. The van der Waals surface area contributed by atoms with Crippen molar-refractivity contribution in [2.24, 2.45) is 5.92 Å². The lowest BCUT2D eigenvalue weighted by Gasteiger charge is -2.17. The van der Waals surface area contributed by atoms with E-state index in [9.17, 15) is 9.59 Å². The van der Waals surface area contributed by atoms with Crippen molar-refractivity contribution in [3.8, 4) is 0 Å². The quantitative estimate of drug-likeness (QED) is 0.0956. The number of hydrogen-bond donors (Lipinski definition) is 1. The van der Waals surface area contributed by atoms with Crippen LogP contribution in [0.25, 0.3) is 9.40 Å². The van der Waals surface area contributed by atoms with Gasteiger partial charge in [-0.3, -0.25) is 9.59 Å². The summed E-state index contributed by atoms with van der Waals surface area (Å²) >= 11 is 3.04. The molecule has 0 saturated heterocycles. The first-order valence-electron chi connectivity index (χ1n) is 15.4. The predicted octanol–water partition coefficient (Wildman–Crippen LogP) is 11.0. The molecule has 1 atom stereocenters. The highest BCUT2D eigenvalue weighted by atomic mass is 32.1. The minimum atomic E-state index is -0.437. The molecular weight excluding hydrogens is 494 g/mol. The molecule has 0 aromatic carbocycles. The van der Waals surface area contributed by atoms with Crippen molar-refractivity contribution in [3.05, 3.63) is 22.4 Å². The Morgan fingerprint density at radius 2 is 1.22 bits per heavy atom. The van der Waals surface area contributed by atoms with Crippen molar-refractivity contribution in [1.82, 2.24) is 5.32 Å². The van der Waals surface area contributed by atoms with Crippen LogP contribution in [0.4, 0.5) is 0 Å². The van der Waals surface area contributed by atoms with Crippen molar-refractivity contribution in [2.45, 2.75) is 143 Å². The third-order valence-corrected chi connectivity index (χ3v) is 9.14. The Morgan fingerprint density at radius 1 is 0.703 bits per heavy atom. The van der Waals surface area contributed by atoms with E-state index in [-0.39, 0.29) is 5.78 Å². The minimum Gasteiger partial charge on any atom is -0.349 e. The fraction of sp³-hybridized carbons (Fsp3) is 0.750. The largest absolute Gasteiger partial charge is 0.349 e. The molecule has 0 aliphatic rings. The van der Waals surface area contributed by atoms with Gasteiger partial charge < -0.3 is 5.32 Å². The molecule has 0 radical (unpaired) electrons. The average Bonchev–Trinajstić information content (AvgIpc) is 3.52. The van der Waals surface area contributed by atoms with Gasteiger partial charge in [-0.1, -0.05) is 130 Å². The molecule has 0 aliphatic heterocycles. The second-order valence-corrected chi connectivity index (χ2v) is 12.5. The number of hydrogen-bond acceptors (Lipinski definition) is 4. The van der Waals surface area contributed by atoms with Gasteiger partial charge in [0.15, 0.2) is 0 Å². The van der Waals surface area contributed by atoms with Gasteiger partial charge in [-0.05, 0) is 36.3 Å². The van der Waals surface area contributed by atoms with Crippen LogP contribution in [-0.2, 0) is 4.79 Å². The Balaban J connectivity index is 0.00000159. The maximum atomic E-state index is 12.6. The standard InChI is InChI=1S/C28H45NO2S2.C4H10/c1-3-5-7-9-11-12-14-16-18-23(17-15-13-10-8-6-4-2)22-29-28(31)27(30)26-21-25-24(33-26)19-20-32-25;1-3-4-2/h19-21,23H,3-18,22H2,1-2H3,(H,29,31);3-4H2,1-2H3. The summed E-state index contributed by atoms with van der Waals surface area (Å²) in [4.78, 5) is 25.7. The predicted molar refractivity (Wildman–Crippen MR) is 166 cm³/mol. The molecule has 2 heterocycles. The van der Waals surface area contributed by atoms with Crippen LogP contribution in [0.2, 0.25) is 0 Å². The van der Waals surface area contributed by atoms with Gasteiger partial charge in [0.2, 0.25) is 0 Å². The fourth-order valence-corrected chi connectivity index (χ4v) is 6.48. The number of Topliss-reactive ketones (excluding diaryl/α,β-unsaturated/α-hetero) is 1. The summed E-state index contributed by atoms with van der Waals surface area (Å²) in [7, 11) is 0. The topological polar surface area (TPSA) is 46.2 Å². The first-order chi connectivity index (χ1) is 18.1. The molecule has 1 unspecified atom stereocenters. The molecule has 1 amide bonds. The number of thiophene rings is 2. The number of rotatable bonds is 21. The number of carbonyl (C=O) groups is 2. The lowest BCUT2D eigenvalue weighted by molar-refractivity contribution is -0.117. The van der Waals surface area contributed by atoms with Crippen LogP contribution in [-0.4, -0.2) is 18.2 Å². The fourth-order valence-electron chi connectivity index (χ4n) is 4.44. The Hall–Kier alpha value is -1.20. The molecule has 1 N–H and O–H groups in total. The number of fused-ring (bicyclic) bond motifs is 1. The molecule has 3 nitrogen and oxygen atoms in total. The van der Waals surface area contributed by atoms with Crippen LogP contribution in [0, 0.1) is 5.92 Å². The summed E-state index contributed by atoms with van der Waals surface area (Å²) < 4.78 is 2.18. The average molecular weight is 550 g/mol. The summed E-state index contributed by atoms with van der Waals surface area (Å²) in [5.41, 5.74) is 0.